The number of benzene rings is 2. The number of aromatic nitrogens is 4. The number of nitrogens with one attached hydrogen (secondary N) is 1. The number of rotatable bonds is 6. The lowest BCUT2D eigenvalue weighted by Crippen LogP contribution is -2.14. The molecule has 0 saturated heterocycles. The first-order valence-corrected chi connectivity index (χ1v) is 8.84. The monoisotopic (exact) mass is 339 g/mol. The van der Waals surface area contributed by atoms with E-state index in [0.29, 0.717) is 6.42 Å². The van der Waals surface area contributed by atoms with Gasteiger partial charge in [-0.15, -0.1) is 5.10 Å². The Bertz CT molecular complexity index is 802. The number of carbonyl (C=O) groups is 1. The molecule has 1 N–H and O–H groups in total. The largest absolute Gasteiger partial charge is 0.326 e. The maximum atomic E-state index is 12.2. The smallest absolute Gasteiger partial charge is 0.228 e. The van der Waals surface area contributed by atoms with Gasteiger partial charge in [0.25, 0.3) is 0 Å². The number of carbonyl (C=O) groups excluding carboxylic acids is 1. The van der Waals surface area contributed by atoms with Gasteiger partial charge in [-0.3, -0.25) is 4.79 Å². The summed E-state index contributed by atoms with van der Waals surface area (Å²) in [5.41, 5.74) is 3.82. The summed E-state index contributed by atoms with van der Waals surface area (Å²) in [4.78, 5) is 12.2. The molecule has 0 saturated carbocycles. The minimum atomic E-state index is -0.0357. The van der Waals surface area contributed by atoms with E-state index in [9.17, 15) is 4.79 Å². The van der Waals surface area contributed by atoms with Gasteiger partial charge in [-0.2, -0.15) is 11.8 Å². The summed E-state index contributed by atoms with van der Waals surface area (Å²) in [5.74, 6) is 0.897. The number of hydrogen-bond acceptors (Lipinski definition) is 5. The number of thioether (sulfide) groups is 1. The van der Waals surface area contributed by atoms with Gasteiger partial charge in [0, 0.05) is 11.4 Å². The van der Waals surface area contributed by atoms with Crippen LogP contribution in [0.3, 0.4) is 0 Å². The Hall–Kier alpha value is -2.67. The van der Waals surface area contributed by atoms with E-state index in [1.807, 2.05) is 42.5 Å². The van der Waals surface area contributed by atoms with Crippen molar-refractivity contribution in [1.82, 2.24) is 20.2 Å². The molecule has 2 aromatic carbocycles. The molecule has 122 valence electrons. The van der Waals surface area contributed by atoms with Gasteiger partial charge < -0.3 is 5.32 Å². The summed E-state index contributed by atoms with van der Waals surface area (Å²) in [7, 11) is 0. The predicted molar refractivity (Wildman–Crippen MR) is 95.1 cm³/mol. The molecule has 0 radical (unpaired) electrons. The molecule has 1 amide bonds. The van der Waals surface area contributed by atoms with Crippen LogP contribution in [0, 0.1) is 0 Å². The number of amides is 1. The zero-order valence-corrected chi connectivity index (χ0v) is 14.0. The maximum absolute atomic E-state index is 12.2. The van der Waals surface area contributed by atoms with Crippen LogP contribution >= 0.6 is 11.8 Å². The molecule has 7 heteroatoms. The van der Waals surface area contributed by atoms with E-state index in [1.165, 1.54) is 11.9 Å². The standard InChI is InChI=1S/C17H17N5OS/c1-24-11-14-3-2-4-15(9-14)19-17(23)10-13-5-7-16(8-6-13)22-12-18-20-21-22/h2-9,12H,10-11H2,1H3,(H,19,23). The van der Waals surface area contributed by atoms with Crippen LogP contribution in [0.2, 0.25) is 0 Å². The SMILES string of the molecule is CSCc1cccc(NC(=O)Cc2ccc(-n3cnnn3)cc2)c1. The Morgan fingerprint density at radius 3 is 2.71 bits per heavy atom. The van der Waals surface area contributed by atoms with Crippen LogP contribution in [-0.2, 0) is 17.0 Å². The second-order valence-electron chi connectivity index (χ2n) is 5.28. The maximum Gasteiger partial charge on any atom is 0.228 e. The van der Waals surface area contributed by atoms with Crippen LogP contribution in [0.15, 0.2) is 54.9 Å². The lowest BCUT2D eigenvalue weighted by molar-refractivity contribution is -0.115. The molecule has 1 heterocycles. The zero-order valence-electron chi connectivity index (χ0n) is 13.2. The first-order chi connectivity index (χ1) is 11.7. The zero-order chi connectivity index (χ0) is 16.8. The minimum Gasteiger partial charge on any atom is -0.326 e. The Labute approximate surface area is 144 Å². The van der Waals surface area contributed by atoms with Gasteiger partial charge in [0.2, 0.25) is 5.91 Å². The molecule has 0 spiro atoms. The van der Waals surface area contributed by atoms with Gasteiger partial charge >= 0.3 is 0 Å². The Balaban J connectivity index is 1.61. The average molecular weight is 339 g/mol. The van der Waals surface area contributed by atoms with Crippen LogP contribution < -0.4 is 5.32 Å². The Morgan fingerprint density at radius 1 is 1.17 bits per heavy atom. The molecular formula is C17H17N5OS. The van der Waals surface area contributed by atoms with Crippen LogP contribution in [0.5, 0.6) is 0 Å². The van der Waals surface area contributed by atoms with Crippen molar-refractivity contribution in [3.8, 4) is 5.69 Å². The first kappa shape index (κ1) is 16.2. The van der Waals surface area contributed by atoms with Gasteiger partial charge in [-0.1, -0.05) is 24.3 Å². The van der Waals surface area contributed by atoms with Gasteiger partial charge in [-0.25, -0.2) is 4.68 Å². The van der Waals surface area contributed by atoms with Crippen molar-refractivity contribution in [2.45, 2.75) is 12.2 Å². The molecule has 0 aliphatic rings. The van der Waals surface area contributed by atoms with Gasteiger partial charge in [0.15, 0.2) is 0 Å². The molecule has 3 rings (SSSR count). The van der Waals surface area contributed by atoms with E-state index in [4.69, 9.17) is 0 Å². The van der Waals surface area contributed by atoms with Crippen molar-refractivity contribution in [3.63, 3.8) is 0 Å². The molecule has 0 atom stereocenters. The van der Waals surface area contributed by atoms with Crippen LogP contribution in [0.4, 0.5) is 5.69 Å². The van der Waals surface area contributed by atoms with Gasteiger partial charge in [0.05, 0.1) is 12.1 Å². The van der Waals surface area contributed by atoms with Crippen molar-refractivity contribution in [2.24, 2.45) is 0 Å². The third kappa shape index (κ3) is 4.20. The van der Waals surface area contributed by atoms with Crippen molar-refractivity contribution >= 4 is 23.4 Å². The lowest BCUT2D eigenvalue weighted by Gasteiger charge is -2.08. The summed E-state index contributed by atoms with van der Waals surface area (Å²) >= 11 is 1.76. The molecule has 6 nitrogen and oxygen atoms in total. The van der Waals surface area contributed by atoms with Crippen molar-refractivity contribution in [3.05, 3.63) is 66.0 Å². The van der Waals surface area contributed by atoms with Crippen molar-refractivity contribution in [2.75, 3.05) is 11.6 Å². The van der Waals surface area contributed by atoms with Crippen LogP contribution in [0.25, 0.3) is 5.69 Å². The van der Waals surface area contributed by atoms with Gasteiger partial charge in [-0.05, 0) is 52.1 Å². The molecular weight excluding hydrogens is 322 g/mol. The van der Waals surface area contributed by atoms with E-state index < -0.39 is 0 Å². The summed E-state index contributed by atoms with van der Waals surface area (Å²) < 4.78 is 1.57. The van der Waals surface area contributed by atoms with Crippen LogP contribution in [-0.4, -0.2) is 32.4 Å². The number of tetrazole rings is 1. The van der Waals surface area contributed by atoms with Gasteiger partial charge in [0.1, 0.15) is 6.33 Å². The van der Waals surface area contributed by atoms with Crippen LogP contribution in [0.1, 0.15) is 11.1 Å². The highest BCUT2D eigenvalue weighted by Gasteiger charge is 2.06. The quantitative estimate of drug-likeness (QED) is 0.747. The third-order valence-corrected chi connectivity index (χ3v) is 4.06. The van der Waals surface area contributed by atoms with E-state index in [-0.39, 0.29) is 5.91 Å². The first-order valence-electron chi connectivity index (χ1n) is 7.44. The van der Waals surface area contributed by atoms with E-state index >= 15 is 0 Å². The molecule has 0 unspecified atom stereocenters. The van der Waals surface area contributed by atoms with E-state index in [1.54, 1.807) is 16.4 Å². The minimum absolute atomic E-state index is 0.0357. The Morgan fingerprint density at radius 2 is 2.00 bits per heavy atom. The molecule has 0 fully saturated rings. The summed E-state index contributed by atoms with van der Waals surface area (Å²) in [6, 6.07) is 15.5. The molecule has 24 heavy (non-hydrogen) atoms. The third-order valence-electron chi connectivity index (χ3n) is 3.44. The average Bonchev–Trinajstić information content (AvgIpc) is 3.10. The number of anilines is 1. The molecule has 3 aromatic rings. The normalized spacial score (nSPS) is 10.5. The second kappa shape index (κ2) is 7.74. The fourth-order valence-electron chi connectivity index (χ4n) is 2.34. The highest BCUT2D eigenvalue weighted by atomic mass is 32.2. The topological polar surface area (TPSA) is 72.7 Å². The fourth-order valence-corrected chi connectivity index (χ4v) is 2.86. The van der Waals surface area contributed by atoms with E-state index in [0.717, 1.165) is 22.7 Å². The summed E-state index contributed by atoms with van der Waals surface area (Å²) in [5, 5.41) is 14.0. The highest BCUT2D eigenvalue weighted by molar-refractivity contribution is 7.97. The lowest BCUT2D eigenvalue weighted by atomic mass is 10.1. The molecule has 0 aliphatic heterocycles. The Kier molecular flexibility index (Phi) is 5.22. The number of hydrogen-bond donors (Lipinski definition) is 1. The summed E-state index contributed by atoms with van der Waals surface area (Å²) in [6.07, 6.45) is 3.91. The molecule has 0 aliphatic carbocycles. The fraction of sp³-hybridized carbons (Fsp3) is 0.176. The van der Waals surface area contributed by atoms with Crippen molar-refractivity contribution < 1.29 is 4.79 Å². The highest BCUT2D eigenvalue weighted by Crippen LogP contribution is 2.15. The molecule has 1 aromatic heterocycles. The number of nitrogens with zero attached hydrogens (tertiary/aromatic N) is 4. The van der Waals surface area contributed by atoms with Crippen molar-refractivity contribution in [1.29, 1.82) is 0 Å². The molecule has 0 bridgehead atoms. The van der Waals surface area contributed by atoms with E-state index in [2.05, 4.69) is 33.2 Å². The predicted octanol–water partition coefficient (Wildman–Crippen LogP) is 2.71. The summed E-state index contributed by atoms with van der Waals surface area (Å²) in [6.45, 7) is 0. The second-order valence-corrected chi connectivity index (χ2v) is 6.15.